The molecule has 2 saturated carbocycles. The summed E-state index contributed by atoms with van der Waals surface area (Å²) >= 11 is 0. The number of likely N-dealkylation sites (N-methyl/N-ethyl adjacent to an activating group) is 1. The van der Waals surface area contributed by atoms with E-state index in [-0.39, 0.29) is 6.10 Å². The molecule has 1 N–H and O–H groups in total. The van der Waals surface area contributed by atoms with Crippen molar-refractivity contribution in [3.05, 3.63) is 0 Å². The van der Waals surface area contributed by atoms with Gasteiger partial charge in [-0.05, 0) is 38.6 Å². The van der Waals surface area contributed by atoms with Crippen molar-refractivity contribution in [3.8, 4) is 0 Å². The Morgan fingerprint density at radius 1 is 1.15 bits per heavy atom. The molecule has 0 bridgehead atoms. The minimum atomic E-state index is -0.0579. The lowest BCUT2D eigenvalue weighted by Crippen LogP contribution is -2.44. The van der Waals surface area contributed by atoms with Gasteiger partial charge < -0.3 is 10.0 Å². The molecule has 0 aromatic heterocycles. The summed E-state index contributed by atoms with van der Waals surface area (Å²) in [6, 6.07) is 0.453. The molecule has 2 aliphatic carbocycles. The van der Waals surface area contributed by atoms with E-state index in [2.05, 4.69) is 11.9 Å². The third kappa shape index (κ3) is 2.44. The molecule has 2 unspecified atom stereocenters. The molecule has 0 aromatic rings. The maximum absolute atomic E-state index is 9.83. The number of nitrogens with zero attached hydrogens (tertiary/aromatic N) is 1. The molecule has 76 valence electrons. The van der Waals surface area contributed by atoms with Crippen molar-refractivity contribution in [2.24, 2.45) is 5.92 Å². The predicted octanol–water partition coefficient (Wildman–Crippen LogP) is 1.63. The van der Waals surface area contributed by atoms with Crippen molar-refractivity contribution in [1.29, 1.82) is 0 Å². The standard InChI is InChI=1S/C11H21NO/c1-12(8-9-6-7-9)10-4-2-3-5-11(10)13/h9-11,13H,2-8H2,1H3. The molecule has 2 rings (SSSR count). The summed E-state index contributed by atoms with van der Waals surface area (Å²) in [5, 5.41) is 9.83. The van der Waals surface area contributed by atoms with Crippen LogP contribution >= 0.6 is 0 Å². The molecule has 13 heavy (non-hydrogen) atoms. The third-order valence-corrected chi connectivity index (χ3v) is 3.50. The van der Waals surface area contributed by atoms with E-state index < -0.39 is 0 Å². The minimum absolute atomic E-state index is 0.0579. The Labute approximate surface area is 80.9 Å². The first-order valence-electron chi connectivity index (χ1n) is 5.65. The number of hydrogen-bond acceptors (Lipinski definition) is 2. The fourth-order valence-corrected chi connectivity index (χ4v) is 2.45. The number of rotatable bonds is 3. The molecule has 0 aliphatic heterocycles. The molecule has 0 heterocycles. The molecule has 0 saturated heterocycles. The summed E-state index contributed by atoms with van der Waals surface area (Å²) in [6.07, 6.45) is 7.49. The van der Waals surface area contributed by atoms with E-state index in [1.165, 1.54) is 38.6 Å². The van der Waals surface area contributed by atoms with E-state index in [0.29, 0.717) is 6.04 Å². The van der Waals surface area contributed by atoms with E-state index in [0.717, 1.165) is 12.3 Å². The van der Waals surface area contributed by atoms with Gasteiger partial charge in [-0.25, -0.2) is 0 Å². The molecule has 0 amide bonds. The SMILES string of the molecule is CN(CC1CC1)C1CCCCC1O. The van der Waals surface area contributed by atoms with Crippen LogP contribution in [0.4, 0.5) is 0 Å². The van der Waals surface area contributed by atoms with E-state index in [4.69, 9.17) is 0 Å². The Morgan fingerprint density at radius 2 is 1.85 bits per heavy atom. The van der Waals surface area contributed by atoms with Gasteiger partial charge in [0.25, 0.3) is 0 Å². The van der Waals surface area contributed by atoms with Crippen molar-refractivity contribution in [1.82, 2.24) is 4.90 Å². The second-order valence-corrected chi connectivity index (χ2v) is 4.80. The summed E-state index contributed by atoms with van der Waals surface area (Å²) in [5.41, 5.74) is 0. The number of hydrogen-bond donors (Lipinski definition) is 1. The van der Waals surface area contributed by atoms with Gasteiger partial charge in [0, 0.05) is 12.6 Å². The molecule has 0 spiro atoms. The summed E-state index contributed by atoms with van der Waals surface area (Å²) in [7, 11) is 2.18. The largest absolute Gasteiger partial charge is 0.391 e. The normalized spacial score (nSPS) is 35.3. The fourth-order valence-electron chi connectivity index (χ4n) is 2.45. The molecule has 2 aliphatic rings. The van der Waals surface area contributed by atoms with Gasteiger partial charge in [-0.1, -0.05) is 12.8 Å². The first-order chi connectivity index (χ1) is 6.27. The zero-order valence-electron chi connectivity index (χ0n) is 8.58. The van der Waals surface area contributed by atoms with E-state index >= 15 is 0 Å². The maximum atomic E-state index is 9.83. The van der Waals surface area contributed by atoms with Crippen LogP contribution in [-0.2, 0) is 0 Å². The summed E-state index contributed by atoms with van der Waals surface area (Å²) in [5.74, 6) is 0.944. The van der Waals surface area contributed by atoms with Gasteiger partial charge in [0.05, 0.1) is 6.10 Å². The van der Waals surface area contributed by atoms with E-state index in [1.807, 2.05) is 0 Å². The summed E-state index contributed by atoms with van der Waals surface area (Å²) < 4.78 is 0. The lowest BCUT2D eigenvalue weighted by molar-refractivity contribution is 0.0304. The summed E-state index contributed by atoms with van der Waals surface area (Å²) in [4.78, 5) is 2.39. The van der Waals surface area contributed by atoms with Gasteiger partial charge in [0.2, 0.25) is 0 Å². The van der Waals surface area contributed by atoms with Crippen LogP contribution in [0.2, 0.25) is 0 Å². The fraction of sp³-hybridized carbons (Fsp3) is 1.00. The third-order valence-electron chi connectivity index (χ3n) is 3.50. The van der Waals surface area contributed by atoms with Crippen LogP contribution in [0.25, 0.3) is 0 Å². The zero-order chi connectivity index (χ0) is 9.26. The predicted molar refractivity (Wildman–Crippen MR) is 53.6 cm³/mol. The van der Waals surface area contributed by atoms with Crippen LogP contribution in [0.1, 0.15) is 38.5 Å². The van der Waals surface area contributed by atoms with Crippen molar-refractivity contribution in [2.75, 3.05) is 13.6 Å². The van der Waals surface area contributed by atoms with Crippen molar-refractivity contribution in [2.45, 2.75) is 50.7 Å². The highest BCUT2D eigenvalue weighted by atomic mass is 16.3. The summed E-state index contributed by atoms with van der Waals surface area (Å²) in [6.45, 7) is 1.21. The van der Waals surface area contributed by atoms with Crippen molar-refractivity contribution in [3.63, 3.8) is 0 Å². The van der Waals surface area contributed by atoms with Crippen LogP contribution in [0, 0.1) is 5.92 Å². The lowest BCUT2D eigenvalue weighted by atomic mass is 9.91. The highest BCUT2D eigenvalue weighted by Gasteiger charge is 2.30. The topological polar surface area (TPSA) is 23.5 Å². The molecule has 2 heteroatoms. The quantitative estimate of drug-likeness (QED) is 0.719. The van der Waals surface area contributed by atoms with Gasteiger partial charge in [0.15, 0.2) is 0 Å². The van der Waals surface area contributed by atoms with Crippen LogP contribution in [0.5, 0.6) is 0 Å². The minimum Gasteiger partial charge on any atom is -0.391 e. The van der Waals surface area contributed by atoms with Crippen molar-refractivity contribution >= 4 is 0 Å². The van der Waals surface area contributed by atoms with Gasteiger partial charge in [-0.15, -0.1) is 0 Å². The lowest BCUT2D eigenvalue weighted by Gasteiger charge is -2.35. The Kier molecular flexibility index (Phi) is 2.89. The van der Waals surface area contributed by atoms with Crippen LogP contribution < -0.4 is 0 Å². The smallest absolute Gasteiger partial charge is 0.0695 e. The first-order valence-corrected chi connectivity index (χ1v) is 5.65. The average Bonchev–Trinajstić information content (AvgIpc) is 2.89. The molecular formula is C11H21NO. The highest BCUT2D eigenvalue weighted by Crippen LogP contribution is 2.31. The monoisotopic (exact) mass is 183 g/mol. The molecule has 2 atom stereocenters. The van der Waals surface area contributed by atoms with Crippen LogP contribution in [-0.4, -0.2) is 35.7 Å². The Balaban J connectivity index is 1.81. The second-order valence-electron chi connectivity index (χ2n) is 4.80. The van der Waals surface area contributed by atoms with Gasteiger partial charge in [0.1, 0.15) is 0 Å². The number of aliphatic hydroxyl groups excluding tert-OH is 1. The van der Waals surface area contributed by atoms with Crippen molar-refractivity contribution < 1.29 is 5.11 Å². The van der Waals surface area contributed by atoms with Crippen LogP contribution in [0.3, 0.4) is 0 Å². The van der Waals surface area contributed by atoms with E-state index in [9.17, 15) is 5.11 Å². The second kappa shape index (κ2) is 3.97. The van der Waals surface area contributed by atoms with Gasteiger partial charge in [-0.3, -0.25) is 0 Å². The molecule has 0 radical (unpaired) electrons. The van der Waals surface area contributed by atoms with Crippen LogP contribution in [0.15, 0.2) is 0 Å². The average molecular weight is 183 g/mol. The molecular weight excluding hydrogens is 162 g/mol. The maximum Gasteiger partial charge on any atom is 0.0695 e. The van der Waals surface area contributed by atoms with Gasteiger partial charge in [-0.2, -0.15) is 0 Å². The highest BCUT2D eigenvalue weighted by molar-refractivity contribution is 4.85. The Bertz CT molecular complexity index is 167. The first kappa shape index (κ1) is 9.47. The molecule has 0 aromatic carbocycles. The molecule has 2 nitrogen and oxygen atoms in total. The molecule has 2 fully saturated rings. The zero-order valence-corrected chi connectivity index (χ0v) is 8.58. The number of aliphatic hydroxyl groups is 1. The Hall–Kier alpha value is -0.0800. The van der Waals surface area contributed by atoms with Gasteiger partial charge >= 0.3 is 0 Å². The Morgan fingerprint density at radius 3 is 2.46 bits per heavy atom. The van der Waals surface area contributed by atoms with E-state index in [1.54, 1.807) is 0 Å².